The highest BCUT2D eigenvalue weighted by molar-refractivity contribution is 7.92. The second-order valence-electron chi connectivity index (χ2n) is 5.25. The molecule has 0 aromatic heterocycles. The predicted molar refractivity (Wildman–Crippen MR) is 58.5 cm³/mol. The van der Waals surface area contributed by atoms with E-state index in [9.17, 15) is 8.42 Å². The van der Waals surface area contributed by atoms with Crippen molar-refractivity contribution in [1.82, 2.24) is 4.72 Å². The first-order valence-corrected chi connectivity index (χ1v) is 7.30. The molecule has 0 aliphatic heterocycles. The van der Waals surface area contributed by atoms with Crippen molar-refractivity contribution in [2.24, 2.45) is 23.7 Å². The number of fused-ring (bicyclic) bond motifs is 1. The van der Waals surface area contributed by atoms with Gasteiger partial charge in [-0.25, -0.2) is 13.1 Å². The maximum atomic E-state index is 11.5. The Morgan fingerprint density at radius 1 is 1.13 bits per heavy atom. The molecule has 0 amide bonds. The molecule has 3 nitrogen and oxygen atoms in total. The Labute approximate surface area is 91.0 Å². The Kier molecular flexibility index (Phi) is 2.02. The Morgan fingerprint density at radius 3 is 2.47 bits per heavy atom. The molecule has 0 spiro atoms. The van der Waals surface area contributed by atoms with Gasteiger partial charge in [-0.3, -0.25) is 0 Å². The molecule has 1 N–H and O–H groups in total. The van der Waals surface area contributed by atoms with Crippen LogP contribution in [0.2, 0.25) is 0 Å². The van der Waals surface area contributed by atoms with E-state index in [1.165, 1.54) is 25.7 Å². The normalized spacial score (nSPS) is 47.3. The van der Waals surface area contributed by atoms with Gasteiger partial charge >= 0.3 is 0 Å². The van der Waals surface area contributed by atoms with Crippen molar-refractivity contribution >= 4 is 10.0 Å². The largest absolute Gasteiger partial charge is 0.233 e. The van der Waals surface area contributed by atoms with Crippen LogP contribution in [0.3, 0.4) is 0 Å². The van der Waals surface area contributed by atoms with Crippen LogP contribution in [-0.4, -0.2) is 14.5 Å². The highest BCUT2D eigenvalue weighted by Crippen LogP contribution is 2.60. The zero-order valence-electron chi connectivity index (χ0n) is 8.72. The number of hydrogen-bond acceptors (Lipinski definition) is 2. The van der Waals surface area contributed by atoms with E-state index < -0.39 is 10.0 Å². The summed E-state index contributed by atoms with van der Waals surface area (Å²) in [6.07, 6.45) is 5.02. The van der Waals surface area contributed by atoms with Crippen molar-refractivity contribution in [3.8, 4) is 0 Å². The van der Waals surface area contributed by atoms with Crippen molar-refractivity contribution in [2.45, 2.75) is 31.7 Å². The number of rotatable bonds is 3. The Bertz CT molecular complexity index is 385. The van der Waals surface area contributed by atoms with Gasteiger partial charge in [0, 0.05) is 11.4 Å². The van der Waals surface area contributed by atoms with E-state index in [1.807, 2.05) is 0 Å². The lowest BCUT2D eigenvalue weighted by Gasteiger charge is -2.61. The van der Waals surface area contributed by atoms with Crippen LogP contribution in [0.25, 0.3) is 0 Å². The van der Waals surface area contributed by atoms with Gasteiger partial charge in [-0.05, 0) is 49.4 Å². The maximum absolute atomic E-state index is 11.5. The average Bonchev–Trinajstić information content (AvgIpc) is 2.18. The minimum atomic E-state index is -3.24. The quantitative estimate of drug-likeness (QED) is 0.794. The number of hydrogen-bond donors (Lipinski definition) is 1. The second kappa shape index (κ2) is 3.08. The summed E-state index contributed by atoms with van der Waals surface area (Å²) in [6.45, 7) is 3.35. The van der Waals surface area contributed by atoms with E-state index in [-0.39, 0.29) is 6.04 Å². The van der Waals surface area contributed by atoms with E-state index in [1.54, 1.807) is 0 Å². The van der Waals surface area contributed by atoms with Gasteiger partial charge in [-0.15, -0.1) is 0 Å². The molecule has 5 aliphatic rings. The minimum absolute atomic E-state index is 0.205. The molecule has 84 valence electrons. The number of nitrogens with one attached hydrogen (secondary N) is 1. The standard InChI is InChI=1S/C11H17NO2S/c1-2-15(13,14)12-11-7-3-4-9-8(5-7)6-10(9)11/h2,7-12H,1,3-6H2. The van der Waals surface area contributed by atoms with Crippen LogP contribution < -0.4 is 4.72 Å². The molecule has 0 saturated heterocycles. The first kappa shape index (κ1) is 9.85. The zero-order chi connectivity index (χ0) is 10.6. The van der Waals surface area contributed by atoms with Crippen LogP contribution in [0, 0.1) is 23.7 Å². The lowest BCUT2D eigenvalue weighted by atomic mass is 9.46. The molecule has 0 aromatic rings. The molecule has 4 heteroatoms. The van der Waals surface area contributed by atoms with Gasteiger partial charge in [0.2, 0.25) is 10.0 Å². The van der Waals surface area contributed by atoms with Crippen LogP contribution >= 0.6 is 0 Å². The summed E-state index contributed by atoms with van der Waals surface area (Å²) in [5, 5.41) is 1.03. The molecule has 5 atom stereocenters. The molecular formula is C11H17NO2S. The van der Waals surface area contributed by atoms with Crippen molar-refractivity contribution in [2.75, 3.05) is 0 Å². The molecule has 5 saturated carbocycles. The van der Waals surface area contributed by atoms with Gasteiger partial charge < -0.3 is 0 Å². The first-order valence-electron chi connectivity index (χ1n) is 5.75. The monoisotopic (exact) mass is 227 g/mol. The van der Waals surface area contributed by atoms with Gasteiger partial charge in [0.05, 0.1) is 0 Å². The third-order valence-electron chi connectivity index (χ3n) is 4.70. The molecule has 0 radical (unpaired) electrons. The third kappa shape index (κ3) is 1.38. The second-order valence-corrected chi connectivity index (χ2v) is 6.91. The van der Waals surface area contributed by atoms with Crippen molar-refractivity contribution in [3.05, 3.63) is 12.0 Å². The van der Waals surface area contributed by atoms with Crippen LogP contribution in [0.1, 0.15) is 25.7 Å². The molecule has 0 aromatic carbocycles. The van der Waals surface area contributed by atoms with Crippen LogP contribution in [0.5, 0.6) is 0 Å². The minimum Gasteiger partial charge on any atom is -0.208 e. The summed E-state index contributed by atoms with van der Waals surface area (Å²) >= 11 is 0. The maximum Gasteiger partial charge on any atom is 0.233 e. The smallest absolute Gasteiger partial charge is 0.208 e. The molecule has 5 unspecified atom stereocenters. The van der Waals surface area contributed by atoms with Crippen LogP contribution in [-0.2, 0) is 10.0 Å². The van der Waals surface area contributed by atoms with Gasteiger partial charge in [0.1, 0.15) is 0 Å². The summed E-state index contributed by atoms with van der Waals surface area (Å²) in [4.78, 5) is 0. The van der Waals surface area contributed by atoms with Gasteiger partial charge in [0.25, 0.3) is 0 Å². The summed E-state index contributed by atoms with van der Waals surface area (Å²) in [7, 11) is -3.24. The fourth-order valence-corrected chi connectivity index (χ4v) is 4.84. The fourth-order valence-electron chi connectivity index (χ4n) is 4.00. The Balaban J connectivity index is 1.80. The molecule has 4 bridgehead atoms. The number of sulfonamides is 1. The molecular weight excluding hydrogens is 210 g/mol. The summed E-state index contributed by atoms with van der Waals surface area (Å²) < 4.78 is 25.8. The van der Waals surface area contributed by atoms with Crippen molar-refractivity contribution in [1.29, 1.82) is 0 Å². The highest BCUT2D eigenvalue weighted by Gasteiger charge is 2.56. The topological polar surface area (TPSA) is 46.2 Å². The van der Waals surface area contributed by atoms with E-state index in [4.69, 9.17) is 0 Å². The Morgan fingerprint density at radius 2 is 1.93 bits per heavy atom. The first-order chi connectivity index (χ1) is 7.11. The Hall–Kier alpha value is -0.350. The van der Waals surface area contributed by atoms with Crippen molar-refractivity contribution < 1.29 is 8.42 Å². The predicted octanol–water partition coefficient (Wildman–Crippen LogP) is 1.48. The van der Waals surface area contributed by atoms with Crippen molar-refractivity contribution in [3.63, 3.8) is 0 Å². The summed E-state index contributed by atoms with van der Waals surface area (Å²) in [5.41, 5.74) is 0. The molecule has 5 fully saturated rings. The highest BCUT2D eigenvalue weighted by atomic mass is 32.2. The third-order valence-corrected chi connectivity index (χ3v) is 5.74. The van der Waals surface area contributed by atoms with E-state index >= 15 is 0 Å². The summed E-state index contributed by atoms with van der Waals surface area (Å²) in [5.74, 6) is 2.94. The lowest BCUT2D eigenvalue weighted by molar-refractivity contribution is -0.0912. The van der Waals surface area contributed by atoms with E-state index in [0.29, 0.717) is 11.8 Å². The van der Waals surface area contributed by atoms with Gasteiger partial charge in [0.15, 0.2) is 0 Å². The SMILES string of the molecule is C=CS(=O)(=O)NC1C2CCC3C(C2)CC31. The summed E-state index contributed by atoms with van der Waals surface area (Å²) in [6, 6.07) is 0.205. The van der Waals surface area contributed by atoms with E-state index in [2.05, 4.69) is 11.3 Å². The molecule has 5 aliphatic carbocycles. The van der Waals surface area contributed by atoms with Crippen LogP contribution in [0.4, 0.5) is 0 Å². The molecule has 0 heterocycles. The average molecular weight is 227 g/mol. The fraction of sp³-hybridized carbons (Fsp3) is 0.818. The van der Waals surface area contributed by atoms with Gasteiger partial charge in [-0.1, -0.05) is 6.58 Å². The molecule has 5 rings (SSSR count). The van der Waals surface area contributed by atoms with Crippen LogP contribution in [0.15, 0.2) is 12.0 Å². The van der Waals surface area contributed by atoms with E-state index in [0.717, 1.165) is 17.2 Å². The lowest BCUT2D eigenvalue weighted by Crippen LogP contribution is -2.62. The molecule has 15 heavy (non-hydrogen) atoms. The van der Waals surface area contributed by atoms with Gasteiger partial charge in [-0.2, -0.15) is 0 Å². The zero-order valence-corrected chi connectivity index (χ0v) is 9.54.